The zero-order chi connectivity index (χ0) is 15.0. The molecule has 0 bridgehead atoms. The van der Waals surface area contributed by atoms with Gasteiger partial charge in [-0.1, -0.05) is 30.3 Å². The van der Waals surface area contributed by atoms with E-state index >= 15 is 0 Å². The van der Waals surface area contributed by atoms with Crippen LogP contribution in [-0.2, 0) is 25.6 Å². The summed E-state index contributed by atoms with van der Waals surface area (Å²) in [5.74, 6) is -0.738. The molecule has 5 heteroatoms. The minimum absolute atomic E-state index is 0.262. The third-order valence-electron chi connectivity index (χ3n) is 3.87. The lowest BCUT2D eigenvalue weighted by molar-refractivity contribution is -0.262. The number of ether oxygens (including phenoxy) is 4. The fourth-order valence-electron chi connectivity index (χ4n) is 2.93. The van der Waals surface area contributed by atoms with Crippen LogP contribution in [0.3, 0.4) is 0 Å². The van der Waals surface area contributed by atoms with Crippen molar-refractivity contribution in [3.05, 3.63) is 35.9 Å². The monoisotopic (exact) mass is 294 g/mol. The largest absolute Gasteiger partial charge is 0.368 e. The van der Waals surface area contributed by atoms with Crippen molar-refractivity contribution in [3.63, 3.8) is 0 Å². The second-order valence-corrected chi connectivity index (χ2v) is 6.06. The molecule has 2 saturated heterocycles. The smallest absolute Gasteiger partial charge is 0.184 e. The van der Waals surface area contributed by atoms with Gasteiger partial charge in [0, 0.05) is 0 Å². The number of aliphatic hydroxyl groups is 1. The molecule has 2 fully saturated rings. The van der Waals surface area contributed by atoms with E-state index in [2.05, 4.69) is 0 Å². The third-order valence-corrected chi connectivity index (χ3v) is 3.87. The molecular formula is C16H22O5. The van der Waals surface area contributed by atoms with Crippen LogP contribution in [-0.4, -0.2) is 41.6 Å². The van der Waals surface area contributed by atoms with Gasteiger partial charge in [-0.05, 0) is 26.3 Å². The molecule has 2 heterocycles. The fourth-order valence-corrected chi connectivity index (χ4v) is 2.93. The second kappa shape index (κ2) is 5.66. The van der Waals surface area contributed by atoms with Crippen LogP contribution in [0.5, 0.6) is 0 Å². The highest BCUT2D eigenvalue weighted by molar-refractivity contribution is 5.13. The van der Waals surface area contributed by atoms with Gasteiger partial charge in [-0.2, -0.15) is 0 Å². The maximum Gasteiger partial charge on any atom is 0.184 e. The van der Waals surface area contributed by atoms with Gasteiger partial charge < -0.3 is 24.1 Å². The zero-order valence-electron chi connectivity index (χ0n) is 12.6. The first-order valence-corrected chi connectivity index (χ1v) is 7.31. The zero-order valence-corrected chi connectivity index (χ0v) is 12.6. The molecule has 1 aromatic carbocycles. The molecule has 5 nitrogen and oxygen atoms in total. The summed E-state index contributed by atoms with van der Waals surface area (Å²) < 4.78 is 23.1. The Morgan fingerprint density at radius 3 is 2.52 bits per heavy atom. The molecule has 0 amide bonds. The highest BCUT2D eigenvalue weighted by Gasteiger charge is 2.54. The minimum atomic E-state index is -0.983. The maximum absolute atomic E-state index is 10.0. The molecule has 0 spiro atoms. The molecule has 21 heavy (non-hydrogen) atoms. The molecule has 1 N–H and O–H groups in total. The molecule has 0 saturated carbocycles. The lowest BCUT2D eigenvalue weighted by atomic mass is 10.00. The van der Waals surface area contributed by atoms with Crippen molar-refractivity contribution in [3.8, 4) is 0 Å². The van der Waals surface area contributed by atoms with Gasteiger partial charge in [-0.15, -0.1) is 0 Å². The van der Waals surface area contributed by atoms with Gasteiger partial charge in [0.05, 0.1) is 12.7 Å². The molecular weight excluding hydrogens is 272 g/mol. The lowest BCUT2D eigenvalue weighted by Gasteiger charge is -2.38. The van der Waals surface area contributed by atoms with E-state index in [4.69, 9.17) is 18.9 Å². The van der Waals surface area contributed by atoms with Crippen LogP contribution in [0.2, 0.25) is 0 Å². The number of hydrogen-bond acceptors (Lipinski definition) is 5. The maximum atomic E-state index is 10.0. The highest BCUT2D eigenvalue weighted by atomic mass is 16.8. The van der Waals surface area contributed by atoms with Crippen molar-refractivity contribution < 1.29 is 24.1 Å². The normalized spacial score (nSPS) is 38.2. The number of benzene rings is 1. The van der Waals surface area contributed by atoms with Crippen molar-refractivity contribution in [1.82, 2.24) is 0 Å². The van der Waals surface area contributed by atoms with Crippen molar-refractivity contribution in [2.24, 2.45) is 0 Å². The Morgan fingerprint density at radius 1 is 1.14 bits per heavy atom. The quantitative estimate of drug-likeness (QED) is 0.921. The van der Waals surface area contributed by atoms with Crippen LogP contribution < -0.4 is 0 Å². The summed E-state index contributed by atoms with van der Waals surface area (Å²) in [6, 6.07) is 9.95. The Hall–Kier alpha value is -0.980. The van der Waals surface area contributed by atoms with Crippen LogP contribution in [0.25, 0.3) is 0 Å². The van der Waals surface area contributed by atoms with Gasteiger partial charge >= 0.3 is 0 Å². The van der Waals surface area contributed by atoms with Crippen molar-refractivity contribution >= 4 is 0 Å². The Morgan fingerprint density at radius 2 is 1.81 bits per heavy atom. The predicted octanol–water partition coefficient (Wildman–Crippen LogP) is 1.83. The van der Waals surface area contributed by atoms with E-state index in [1.165, 1.54) is 0 Å². The Kier molecular flexibility index (Phi) is 4.03. The van der Waals surface area contributed by atoms with E-state index in [0.29, 0.717) is 6.61 Å². The second-order valence-electron chi connectivity index (χ2n) is 6.06. The summed E-state index contributed by atoms with van der Waals surface area (Å²) in [7, 11) is 0. The average Bonchev–Trinajstić information content (AvgIpc) is 2.76. The molecule has 0 radical (unpaired) electrons. The predicted molar refractivity (Wildman–Crippen MR) is 75.4 cm³/mol. The lowest BCUT2D eigenvalue weighted by Crippen LogP contribution is -2.56. The number of aliphatic hydroxyl groups excluding tert-OH is 1. The molecule has 1 aromatic rings. The van der Waals surface area contributed by atoms with Gasteiger partial charge in [0.25, 0.3) is 0 Å². The Labute approximate surface area is 124 Å². The van der Waals surface area contributed by atoms with Gasteiger partial charge in [-0.3, -0.25) is 0 Å². The van der Waals surface area contributed by atoms with Crippen LogP contribution >= 0.6 is 0 Å². The van der Waals surface area contributed by atoms with Gasteiger partial charge in [0.2, 0.25) is 0 Å². The van der Waals surface area contributed by atoms with E-state index in [9.17, 15) is 5.11 Å². The number of rotatable bonds is 3. The summed E-state index contributed by atoms with van der Waals surface area (Å²) >= 11 is 0. The summed E-state index contributed by atoms with van der Waals surface area (Å²) in [6.45, 7) is 6.01. The molecule has 0 unspecified atom stereocenters. The Balaban J connectivity index is 1.71. The van der Waals surface area contributed by atoms with E-state index in [0.717, 1.165) is 5.56 Å². The first-order chi connectivity index (χ1) is 9.96. The van der Waals surface area contributed by atoms with Crippen molar-refractivity contribution in [2.45, 2.75) is 63.9 Å². The van der Waals surface area contributed by atoms with E-state index in [-0.39, 0.29) is 18.3 Å². The van der Waals surface area contributed by atoms with Crippen molar-refractivity contribution in [2.75, 3.05) is 0 Å². The third kappa shape index (κ3) is 3.12. The first kappa shape index (κ1) is 14.9. The summed E-state index contributed by atoms with van der Waals surface area (Å²) in [5, 5.41) is 10.0. The molecule has 0 aliphatic carbocycles. The number of fused-ring (bicyclic) bond motifs is 1. The molecule has 5 atom stereocenters. The van der Waals surface area contributed by atoms with Crippen molar-refractivity contribution in [1.29, 1.82) is 0 Å². The van der Waals surface area contributed by atoms with Gasteiger partial charge in [0.15, 0.2) is 12.1 Å². The van der Waals surface area contributed by atoms with Crippen LogP contribution in [0, 0.1) is 0 Å². The molecule has 2 aliphatic heterocycles. The topological polar surface area (TPSA) is 57.2 Å². The summed E-state index contributed by atoms with van der Waals surface area (Å²) in [6.07, 6.45) is -2.37. The molecule has 2 aliphatic rings. The number of hydrogen-bond donors (Lipinski definition) is 1. The molecule has 116 valence electrons. The van der Waals surface area contributed by atoms with Crippen LogP contribution in [0.15, 0.2) is 30.3 Å². The fraction of sp³-hybridized carbons (Fsp3) is 0.625. The van der Waals surface area contributed by atoms with E-state index < -0.39 is 18.2 Å². The van der Waals surface area contributed by atoms with Gasteiger partial charge in [0.1, 0.15) is 18.3 Å². The summed E-state index contributed by atoms with van der Waals surface area (Å²) in [4.78, 5) is 0. The van der Waals surface area contributed by atoms with E-state index in [1.807, 2.05) is 51.1 Å². The first-order valence-electron chi connectivity index (χ1n) is 7.31. The minimum Gasteiger partial charge on any atom is -0.368 e. The van der Waals surface area contributed by atoms with E-state index in [1.54, 1.807) is 0 Å². The molecule has 3 rings (SSSR count). The van der Waals surface area contributed by atoms with Crippen LogP contribution in [0.4, 0.5) is 0 Å². The molecule has 0 aromatic heterocycles. The van der Waals surface area contributed by atoms with Crippen LogP contribution in [0.1, 0.15) is 26.3 Å². The average molecular weight is 294 g/mol. The highest BCUT2D eigenvalue weighted by Crippen LogP contribution is 2.38. The van der Waals surface area contributed by atoms with Gasteiger partial charge in [-0.25, -0.2) is 0 Å². The standard InChI is InChI=1S/C16H22O5/c1-10-12(18-9-11-7-5-4-6-8-11)13-14(15(17)19-10)21-16(2,3)20-13/h4-8,10,12-15,17H,9H2,1-3H3/t10-,12-,13+,14+,15+/m0/s1. The Bertz CT molecular complexity index is 475. The SMILES string of the molecule is C[C@@H]1O[C@@H](O)[C@@H]2OC(C)(C)O[C@@H]2[C@H]1OCc1ccccc1. The summed E-state index contributed by atoms with van der Waals surface area (Å²) in [5.41, 5.74) is 1.09.